The van der Waals surface area contributed by atoms with Gasteiger partial charge in [0, 0.05) is 27.9 Å². The molecule has 1 heterocycles. The summed E-state index contributed by atoms with van der Waals surface area (Å²) in [5, 5.41) is 11.7. The smallest absolute Gasteiger partial charge is 0.307 e. The van der Waals surface area contributed by atoms with E-state index in [1.165, 1.54) is 25.3 Å². The summed E-state index contributed by atoms with van der Waals surface area (Å²) in [5.74, 6) is -1.11. The summed E-state index contributed by atoms with van der Waals surface area (Å²) in [6, 6.07) is 14.5. The first-order valence-electron chi connectivity index (χ1n) is 10.1. The van der Waals surface area contributed by atoms with Gasteiger partial charge in [0.05, 0.1) is 19.1 Å². The Kier molecular flexibility index (Phi) is 6.74. The first-order chi connectivity index (χ1) is 16.3. The number of hydrogen-bond acceptors (Lipinski definition) is 5. The van der Waals surface area contributed by atoms with Gasteiger partial charge in [-0.15, -0.1) is 0 Å². The van der Waals surface area contributed by atoms with E-state index in [9.17, 15) is 14.0 Å². The summed E-state index contributed by atoms with van der Waals surface area (Å²) in [5.41, 5.74) is 2.96. The summed E-state index contributed by atoms with van der Waals surface area (Å²) < 4.78 is 25.8. The molecule has 0 saturated heterocycles. The number of carbonyl (C=O) groups is 2. The number of carboxylic acids is 1. The average Bonchev–Trinajstić information content (AvgIpc) is 3.21. The van der Waals surface area contributed by atoms with Crippen molar-refractivity contribution >= 4 is 50.7 Å². The molecule has 0 unspecified atom stereocenters. The monoisotopic (exact) mass is 524 g/mol. The maximum absolute atomic E-state index is 13.9. The molecule has 7 nitrogen and oxygen atoms in total. The topological polar surface area (TPSA) is 102 Å². The average molecular weight is 525 g/mol. The number of nitrogens with zero attached hydrogens (tertiary/aromatic N) is 1. The van der Waals surface area contributed by atoms with E-state index in [4.69, 9.17) is 14.3 Å². The Labute approximate surface area is 202 Å². The van der Waals surface area contributed by atoms with Crippen LogP contribution in [-0.2, 0) is 16.0 Å². The summed E-state index contributed by atoms with van der Waals surface area (Å²) in [4.78, 5) is 27.7. The van der Waals surface area contributed by atoms with E-state index in [2.05, 4.69) is 26.2 Å². The lowest BCUT2D eigenvalue weighted by molar-refractivity contribution is -0.136. The van der Waals surface area contributed by atoms with E-state index in [0.29, 0.717) is 44.0 Å². The van der Waals surface area contributed by atoms with Crippen molar-refractivity contribution in [3.63, 3.8) is 0 Å². The van der Waals surface area contributed by atoms with Gasteiger partial charge >= 0.3 is 5.97 Å². The quantitative estimate of drug-likeness (QED) is 0.301. The van der Waals surface area contributed by atoms with Crippen molar-refractivity contribution in [1.82, 2.24) is 4.98 Å². The van der Waals surface area contributed by atoms with Gasteiger partial charge in [-0.25, -0.2) is 9.37 Å². The standard InChI is InChI=1S/C25H18BrFN2O5/c1-33-22-13-17(28-23(30)9-4-15-3-5-16(26)12-19(15)27)6-7-18(22)25-29-20-10-14(11-24(31)32)2-8-21(20)34-25/h2-10,12-13H,11H2,1H3,(H,28,30)(H,31,32)/b9-4+. The molecular formula is C25H18BrFN2O5. The number of methoxy groups -OCH3 is 1. The second-order valence-corrected chi connectivity index (χ2v) is 8.21. The molecular weight excluding hydrogens is 507 g/mol. The molecule has 0 aliphatic rings. The lowest BCUT2D eigenvalue weighted by Gasteiger charge is -2.09. The summed E-state index contributed by atoms with van der Waals surface area (Å²) in [6.45, 7) is 0. The maximum Gasteiger partial charge on any atom is 0.307 e. The highest BCUT2D eigenvalue weighted by molar-refractivity contribution is 9.10. The fraction of sp³-hybridized carbons (Fsp3) is 0.0800. The summed E-state index contributed by atoms with van der Waals surface area (Å²) >= 11 is 3.19. The van der Waals surface area contributed by atoms with Crippen molar-refractivity contribution in [2.24, 2.45) is 0 Å². The van der Waals surface area contributed by atoms with E-state index in [0.717, 1.165) is 0 Å². The molecule has 0 bridgehead atoms. The van der Waals surface area contributed by atoms with Crippen molar-refractivity contribution in [2.75, 3.05) is 12.4 Å². The summed E-state index contributed by atoms with van der Waals surface area (Å²) in [7, 11) is 1.48. The van der Waals surface area contributed by atoms with Crippen LogP contribution in [0, 0.1) is 5.82 Å². The summed E-state index contributed by atoms with van der Waals surface area (Å²) in [6.07, 6.45) is 2.51. The number of fused-ring (bicyclic) bond motifs is 1. The van der Waals surface area contributed by atoms with E-state index >= 15 is 0 Å². The number of halogens is 2. The zero-order valence-corrected chi connectivity index (χ0v) is 19.4. The SMILES string of the molecule is COc1cc(NC(=O)/C=C/c2ccc(Br)cc2F)ccc1-c1nc2cc(CC(=O)O)ccc2o1. The van der Waals surface area contributed by atoms with Crippen molar-refractivity contribution in [3.05, 3.63) is 82.1 Å². The molecule has 1 amide bonds. The number of amides is 1. The highest BCUT2D eigenvalue weighted by Crippen LogP contribution is 2.34. The number of aliphatic carboxylic acids is 1. The molecule has 0 aliphatic carbocycles. The van der Waals surface area contributed by atoms with Crippen LogP contribution in [0.1, 0.15) is 11.1 Å². The van der Waals surface area contributed by atoms with Crippen LogP contribution in [0.15, 0.2) is 69.6 Å². The van der Waals surface area contributed by atoms with E-state index in [1.54, 1.807) is 48.5 Å². The zero-order valence-electron chi connectivity index (χ0n) is 17.8. The lowest BCUT2D eigenvalue weighted by atomic mass is 10.1. The number of benzene rings is 3. The van der Waals surface area contributed by atoms with Crippen molar-refractivity contribution in [2.45, 2.75) is 6.42 Å². The molecule has 1 aromatic heterocycles. The molecule has 4 aromatic rings. The number of carboxylic acid groups (broad SMARTS) is 1. The fourth-order valence-electron chi connectivity index (χ4n) is 3.30. The number of hydrogen-bond donors (Lipinski definition) is 2. The van der Waals surface area contributed by atoms with Crippen molar-refractivity contribution in [3.8, 4) is 17.2 Å². The lowest BCUT2D eigenvalue weighted by Crippen LogP contribution is -2.08. The third-order valence-corrected chi connectivity index (χ3v) is 5.38. The third-order valence-electron chi connectivity index (χ3n) is 4.88. The van der Waals surface area contributed by atoms with Gasteiger partial charge in [-0.1, -0.05) is 28.1 Å². The predicted octanol–water partition coefficient (Wildman–Crippen LogP) is 5.68. The fourth-order valence-corrected chi connectivity index (χ4v) is 3.64. The molecule has 172 valence electrons. The molecule has 0 fully saturated rings. The Bertz CT molecular complexity index is 1430. The first kappa shape index (κ1) is 23.2. The Morgan fingerprint density at radius 2 is 2.00 bits per heavy atom. The number of oxazole rings is 1. The molecule has 0 saturated carbocycles. The van der Waals surface area contributed by atoms with Crippen LogP contribution in [0.4, 0.5) is 10.1 Å². The van der Waals surface area contributed by atoms with Gasteiger partial charge in [0.2, 0.25) is 11.8 Å². The van der Waals surface area contributed by atoms with Gasteiger partial charge in [0.15, 0.2) is 5.58 Å². The van der Waals surface area contributed by atoms with E-state index in [1.807, 2.05) is 0 Å². The van der Waals surface area contributed by atoms with Crippen molar-refractivity contribution in [1.29, 1.82) is 0 Å². The number of carbonyl (C=O) groups excluding carboxylic acids is 1. The molecule has 9 heteroatoms. The second kappa shape index (κ2) is 9.88. The van der Waals surface area contributed by atoms with Gasteiger partial charge in [0.1, 0.15) is 17.1 Å². The number of aromatic nitrogens is 1. The van der Waals surface area contributed by atoms with Crippen LogP contribution in [0.25, 0.3) is 28.6 Å². The van der Waals surface area contributed by atoms with Crippen LogP contribution in [0.3, 0.4) is 0 Å². The Balaban J connectivity index is 1.54. The Hall–Kier alpha value is -3.98. The van der Waals surface area contributed by atoms with Gasteiger partial charge < -0.3 is 19.6 Å². The van der Waals surface area contributed by atoms with E-state index in [-0.39, 0.29) is 12.0 Å². The molecule has 3 aromatic carbocycles. The minimum Gasteiger partial charge on any atom is -0.496 e. The molecule has 2 N–H and O–H groups in total. The normalized spacial score (nSPS) is 11.1. The van der Waals surface area contributed by atoms with Crippen molar-refractivity contribution < 1.29 is 28.2 Å². The second-order valence-electron chi connectivity index (χ2n) is 7.30. The highest BCUT2D eigenvalue weighted by Gasteiger charge is 2.15. The van der Waals surface area contributed by atoms with Gasteiger partial charge in [-0.2, -0.15) is 0 Å². The van der Waals surface area contributed by atoms with E-state index < -0.39 is 17.7 Å². The van der Waals surface area contributed by atoms with Gasteiger partial charge in [0.25, 0.3) is 0 Å². The van der Waals surface area contributed by atoms with Gasteiger partial charge in [-0.3, -0.25) is 9.59 Å². The predicted molar refractivity (Wildman–Crippen MR) is 129 cm³/mol. The molecule has 34 heavy (non-hydrogen) atoms. The maximum atomic E-state index is 13.9. The number of nitrogens with one attached hydrogen (secondary N) is 1. The van der Waals surface area contributed by atoms with Crippen LogP contribution in [0.5, 0.6) is 5.75 Å². The number of ether oxygens (including phenoxy) is 1. The van der Waals surface area contributed by atoms with Gasteiger partial charge in [-0.05, 0) is 48.0 Å². The molecule has 0 radical (unpaired) electrons. The highest BCUT2D eigenvalue weighted by atomic mass is 79.9. The molecule has 0 atom stereocenters. The Morgan fingerprint density at radius 3 is 2.74 bits per heavy atom. The number of rotatable bonds is 7. The zero-order chi connectivity index (χ0) is 24.2. The van der Waals surface area contributed by atoms with Crippen LogP contribution in [0.2, 0.25) is 0 Å². The largest absolute Gasteiger partial charge is 0.496 e. The molecule has 4 rings (SSSR count). The number of anilines is 1. The van der Waals surface area contributed by atoms with Crippen LogP contribution in [-0.4, -0.2) is 29.1 Å². The first-order valence-corrected chi connectivity index (χ1v) is 10.9. The van der Waals surface area contributed by atoms with Crippen LogP contribution < -0.4 is 10.1 Å². The molecule has 0 aliphatic heterocycles. The minimum absolute atomic E-state index is 0.112. The molecule has 0 spiro atoms. The van der Waals surface area contributed by atoms with Crippen LogP contribution >= 0.6 is 15.9 Å². The third kappa shape index (κ3) is 5.32. The minimum atomic E-state index is -0.931. The Morgan fingerprint density at radius 1 is 1.18 bits per heavy atom.